The van der Waals surface area contributed by atoms with Crippen molar-refractivity contribution >= 4 is 11.0 Å². The van der Waals surface area contributed by atoms with Crippen LogP contribution in [0.2, 0.25) is 0 Å². The molecule has 5 heteroatoms. The topological polar surface area (TPSA) is 50.9 Å². The molecule has 2 aromatic heterocycles. The number of aromatic nitrogens is 3. The number of hydrogen-bond acceptors (Lipinski definition) is 3. The van der Waals surface area contributed by atoms with E-state index in [1.807, 2.05) is 60.8 Å². The number of benzene rings is 5. The first kappa shape index (κ1) is 29.3. The third-order valence-electron chi connectivity index (χ3n) is 7.92. The van der Waals surface area contributed by atoms with Crippen molar-refractivity contribution in [1.82, 2.24) is 14.5 Å². The standard InChI is InChI=1S/C39H30N3O.Pt/c1-25-21-26(2)38(27(3)22-25)42-35-17-10-16-32(37(35)41-39(42)33-15-7-8-18-36(33)43)30-13-9-14-31(23-30)34-24-29(19-20-40-34)28-11-5-4-6-12-28;/h4-22,24,43H,1-3H3;/q-1;. The minimum atomic E-state index is 0. The van der Waals surface area contributed by atoms with E-state index in [1.165, 1.54) is 5.56 Å². The van der Waals surface area contributed by atoms with Gasteiger partial charge in [0.15, 0.2) is 0 Å². The van der Waals surface area contributed by atoms with Gasteiger partial charge < -0.3 is 5.11 Å². The number of imidazole rings is 1. The van der Waals surface area contributed by atoms with Crippen LogP contribution in [0.4, 0.5) is 0 Å². The Morgan fingerprint density at radius 2 is 1.34 bits per heavy atom. The number of aryl methyl sites for hydroxylation is 3. The number of phenolic OH excluding ortho intramolecular Hbond substituents is 1. The van der Waals surface area contributed by atoms with Crippen molar-refractivity contribution < 1.29 is 26.2 Å². The van der Waals surface area contributed by atoms with E-state index < -0.39 is 0 Å². The van der Waals surface area contributed by atoms with Crippen molar-refractivity contribution in [2.45, 2.75) is 20.8 Å². The fraction of sp³-hybridized carbons (Fsp3) is 0.0769. The van der Waals surface area contributed by atoms with Gasteiger partial charge in [0.1, 0.15) is 11.6 Å². The van der Waals surface area contributed by atoms with Crippen molar-refractivity contribution in [2.75, 3.05) is 0 Å². The zero-order valence-corrected chi connectivity index (χ0v) is 26.9. The smallest absolute Gasteiger partial charge is 0.148 e. The molecule has 0 bridgehead atoms. The summed E-state index contributed by atoms with van der Waals surface area (Å²) in [5.74, 6) is 0.893. The first-order valence-electron chi connectivity index (χ1n) is 14.4. The molecule has 0 saturated carbocycles. The van der Waals surface area contributed by atoms with Gasteiger partial charge in [0.25, 0.3) is 0 Å². The van der Waals surface area contributed by atoms with Crippen molar-refractivity contribution in [3.8, 4) is 56.3 Å². The van der Waals surface area contributed by atoms with E-state index in [2.05, 4.69) is 91.0 Å². The monoisotopic (exact) mass is 751 g/mol. The summed E-state index contributed by atoms with van der Waals surface area (Å²) in [7, 11) is 0. The molecule has 7 rings (SSSR count). The minimum absolute atomic E-state index is 0. The van der Waals surface area contributed by atoms with Crippen LogP contribution >= 0.6 is 0 Å². The van der Waals surface area contributed by atoms with Crippen LogP contribution in [0.25, 0.3) is 61.6 Å². The second kappa shape index (κ2) is 12.1. The zero-order chi connectivity index (χ0) is 29.5. The molecule has 5 aromatic carbocycles. The molecule has 0 aliphatic heterocycles. The maximum Gasteiger partial charge on any atom is 0.148 e. The number of pyridine rings is 1. The summed E-state index contributed by atoms with van der Waals surface area (Å²) in [6, 6.07) is 42.3. The molecule has 0 fully saturated rings. The van der Waals surface area contributed by atoms with Crippen molar-refractivity contribution in [3.05, 3.63) is 144 Å². The molecule has 44 heavy (non-hydrogen) atoms. The average molecular weight is 752 g/mol. The van der Waals surface area contributed by atoms with Crippen LogP contribution in [-0.4, -0.2) is 19.6 Å². The van der Waals surface area contributed by atoms with Crippen LogP contribution in [0.5, 0.6) is 5.75 Å². The maximum atomic E-state index is 10.9. The first-order valence-corrected chi connectivity index (χ1v) is 14.4. The van der Waals surface area contributed by atoms with Gasteiger partial charge in [0.05, 0.1) is 22.3 Å². The molecule has 0 saturated heterocycles. The summed E-state index contributed by atoms with van der Waals surface area (Å²) < 4.78 is 2.19. The number of fused-ring (bicyclic) bond motifs is 1. The van der Waals surface area contributed by atoms with Gasteiger partial charge >= 0.3 is 0 Å². The van der Waals surface area contributed by atoms with Crippen LogP contribution in [0.3, 0.4) is 0 Å². The van der Waals surface area contributed by atoms with Crippen LogP contribution in [-0.2, 0) is 21.1 Å². The van der Waals surface area contributed by atoms with Gasteiger partial charge in [-0.15, -0.1) is 29.8 Å². The van der Waals surface area contributed by atoms with Crippen molar-refractivity contribution in [2.24, 2.45) is 0 Å². The average Bonchev–Trinajstić information content (AvgIpc) is 3.40. The summed E-state index contributed by atoms with van der Waals surface area (Å²) in [6.07, 6.45) is 1.85. The molecule has 1 N–H and O–H groups in total. The van der Waals surface area contributed by atoms with Crippen LogP contribution < -0.4 is 0 Å². The molecule has 7 aromatic rings. The molecule has 0 atom stereocenters. The van der Waals surface area contributed by atoms with Gasteiger partial charge in [0, 0.05) is 33.0 Å². The third-order valence-corrected chi connectivity index (χ3v) is 7.92. The second-order valence-electron chi connectivity index (χ2n) is 11.0. The van der Waals surface area contributed by atoms with Crippen molar-refractivity contribution in [1.29, 1.82) is 0 Å². The fourth-order valence-corrected chi connectivity index (χ4v) is 6.07. The number of hydrogen-bond donors (Lipinski definition) is 1. The van der Waals surface area contributed by atoms with Gasteiger partial charge in [-0.3, -0.25) is 9.55 Å². The van der Waals surface area contributed by atoms with Crippen molar-refractivity contribution in [3.63, 3.8) is 0 Å². The quantitative estimate of drug-likeness (QED) is 0.178. The minimum Gasteiger partial charge on any atom is -0.507 e. The fourth-order valence-electron chi connectivity index (χ4n) is 6.07. The summed E-state index contributed by atoms with van der Waals surface area (Å²) in [5.41, 5.74) is 13.0. The number of phenols is 1. The number of rotatable bonds is 5. The molecule has 218 valence electrons. The molecular weight excluding hydrogens is 722 g/mol. The summed E-state index contributed by atoms with van der Waals surface area (Å²) >= 11 is 0. The molecule has 0 aliphatic rings. The van der Waals surface area contributed by atoms with E-state index in [0.717, 1.165) is 61.4 Å². The van der Waals surface area contributed by atoms with Crippen LogP contribution in [0.1, 0.15) is 16.7 Å². The molecule has 0 aliphatic carbocycles. The Morgan fingerprint density at radius 1 is 0.659 bits per heavy atom. The van der Waals surface area contributed by atoms with E-state index in [0.29, 0.717) is 11.4 Å². The third kappa shape index (κ3) is 5.27. The maximum absolute atomic E-state index is 10.9. The van der Waals surface area contributed by atoms with E-state index in [4.69, 9.17) is 4.98 Å². The van der Waals surface area contributed by atoms with Gasteiger partial charge in [-0.2, -0.15) is 0 Å². The van der Waals surface area contributed by atoms with Gasteiger partial charge in [-0.05, 0) is 67.3 Å². The SMILES string of the molecule is Cc1cc(C)c(-n2c(-c3ccccc3O)nc3c(-c4[c-]c(-c5cc(-c6ccccc6)ccn5)ccc4)cccc32)c(C)c1.[Pt]. The Balaban J connectivity index is 0.00000343. The van der Waals surface area contributed by atoms with E-state index >= 15 is 0 Å². The zero-order valence-electron chi connectivity index (χ0n) is 24.7. The first-order chi connectivity index (χ1) is 21.0. The van der Waals surface area contributed by atoms with E-state index in [1.54, 1.807) is 6.07 Å². The molecule has 0 amide bonds. The Kier molecular flexibility index (Phi) is 8.03. The molecule has 0 spiro atoms. The van der Waals surface area contributed by atoms with Crippen LogP contribution in [0.15, 0.2) is 121 Å². The van der Waals surface area contributed by atoms with E-state index in [-0.39, 0.29) is 26.8 Å². The van der Waals surface area contributed by atoms with Gasteiger partial charge in [-0.1, -0.05) is 89.5 Å². The Bertz CT molecular complexity index is 2110. The number of nitrogens with zero attached hydrogens (tertiary/aromatic N) is 3. The predicted octanol–water partition coefficient (Wildman–Crippen LogP) is 9.52. The molecule has 0 unspecified atom stereocenters. The Labute approximate surface area is 272 Å². The Morgan fingerprint density at radius 3 is 2.11 bits per heavy atom. The predicted molar refractivity (Wildman–Crippen MR) is 175 cm³/mol. The summed E-state index contributed by atoms with van der Waals surface area (Å²) in [4.78, 5) is 9.91. The number of para-hydroxylation sites is 2. The second-order valence-corrected chi connectivity index (χ2v) is 11.0. The normalized spacial score (nSPS) is 11.0. The van der Waals surface area contributed by atoms with Gasteiger partial charge in [0.2, 0.25) is 0 Å². The molecular formula is C39H30N3OPt-. The number of aromatic hydroxyl groups is 1. The van der Waals surface area contributed by atoms with Gasteiger partial charge in [-0.25, -0.2) is 4.98 Å². The van der Waals surface area contributed by atoms with Crippen LogP contribution in [0, 0.1) is 26.8 Å². The molecule has 0 radical (unpaired) electrons. The molecule has 2 heterocycles. The molecule has 4 nitrogen and oxygen atoms in total. The Hall–Kier alpha value is -4.79. The summed E-state index contributed by atoms with van der Waals surface area (Å²) in [6.45, 7) is 6.38. The largest absolute Gasteiger partial charge is 0.507 e. The van der Waals surface area contributed by atoms with E-state index in [9.17, 15) is 5.11 Å². The summed E-state index contributed by atoms with van der Waals surface area (Å²) in [5, 5.41) is 10.9.